The summed E-state index contributed by atoms with van der Waals surface area (Å²) in [6.07, 6.45) is 1.91. The SMILES string of the molecule is Cc1ccc(C(=O)O)c2c1N(C)CCC2. The minimum Gasteiger partial charge on any atom is -0.478 e. The van der Waals surface area contributed by atoms with Crippen molar-refractivity contribution in [2.75, 3.05) is 18.5 Å². The number of carboxylic acids is 1. The second kappa shape index (κ2) is 3.57. The summed E-state index contributed by atoms with van der Waals surface area (Å²) in [6, 6.07) is 3.61. The molecule has 0 unspecified atom stereocenters. The van der Waals surface area contributed by atoms with Crippen LogP contribution in [0, 0.1) is 6.92 Å². The fourth-order valence-corrected chi connectivity index (χ4v) is 2.34. The van der Waals surface area contributed by atoms with Crippen molar-refractivity contribution in [3.8, 4) is 0 Å². The molecule has 2 rings (SSSR count). The van der Waals surface area contributed by atoms with Gasteiger partial charge in [-0.3, -0.25) is 0 Å². The summed E-state index contributed by atoms with van der Waals surface area (Å²) in [5.41, 5.74) is 3.73. The van der Waals surface area contributed by atoms with E-state index in [0.717, 1.165) is 36.2 Å². The molecule has 1 aliphatic rings. The first kappa shape index (κ1) is 10.0. The topological polar surface area (TPSA) is 40.5 Å². The first-order valence-electron chi connectivity index (χ1n) is 5.18. The van der Waals surface area contributed by atoms with E-state index in [1.54, 1.807) is 6.07 Å². The van der Waals surface area contributed by atoms with Crippen LogP contribution in [-0.2, 0) is 6.42 Å². The molecular weight excluding hydrogens is 190 g/mol. The Balaban J connectivity index is 2.63. The molecule has 0 aromatic heterocycles. The Morgan fingerprint density at radius 2 is 2.20 bits per heavy atom. The van der Waals surface area contributed by atoms with Crippen molar-refractivity contribution in [2.45, 2.75) is 19.8 Å². The molecule has 1 aromatic carbocycles. The molecule has 0 aliphatic carbocycles. The van der Waals surface area contributed by atoms with Crippen molar-refractivity contribution in [1.29, 1.82) is 0 Å². The van der Waals surface area contributed by atoms with E-state index in [1.807, 2.05) is 20.0 Å². The lowest BCUT2D eigenvalue weighted by Gasteiger charge is -2.30. The van der Waals surface area contributed by atoms with Gasteiger partial charge >= 0.3 is 5.97 Å². The van der Waals surface area contributed by atoms with Crippen LogP contribution >= 0.6 is 0 Å². The normalized spacial score (nSPS) is 14.9. The molecule has 0 saturated heterocycles. The molecule has 0 atom stereocenters. The van der Waals surface area contributed by atoms with Gasteiger partial charge in [0.2, 0.25) is 0 Å². The maximum Gasteiger partial charge on any atom is 0.336 e. The predicted octanol–water partition coefficient (Wildman–Crippen LogP) is 2.08. The molecule has 1 aliphatic heterocycles. The molecule has 1 aromatic rings. The average Bonchev–Trinajstić information content (AvgIpc) is 2.17. The summed E-state index contributed by atoms with van der Waals surface area (Å²) < 4.78 is 0. The third-order valence-corrected chi connectivity index (χ3v) is 3.02. The van der Waals surface area contributed by atoms with Gasteiger partial charge in [0, 0.05) is 19.3 Å². The van der Waals surface area contributed by atoms with Gasteiger partial charge in [-0.25, -0.2) is 4.79 Å². The van der Waals surface area contributed by atoms with Gasteiger partial charge in [0.05, 0.1) is 5.56 Å². The number of nitrogens with zero attached hydrogens (tertiary/aromatic N) is 1. The van der Waals surface area contributed by atoms with Crippen LogP contribution in [0.5, 0.6) is 0 Å². The largest absolute Gasteiger partial charge is 0.478 e. The lowest BCUT2D eigenvalue weighted by molar-refractivity contribution is 0.0695. The summed E-state index contributed by atoms with van der Waals surface area (Å²) in [5.74, 6) is -0.818. The zero-order chi connectivity index (χ0) is 11.0. The average molecular weight is 205 g/mol. The van der Waals surface area contributed by atoms with Gasteiger partial charge in [0.25, 0.3) is 0 Å². The fraction of sp³-hybridized carbons (Fsp3) is 0.417. The van der Waals surface area contributed by atoms with Crippen LogP contribution < -0.4 is 4.90 Å². The van der Waals surface area contributed by atoms with Crippen molar-refractivity contribution in [2.24, 2.45) is 0 Å². The Bertz CT molecular complexity index is 412. The van der Waals surface area contributed by atoms with Crippen molar-refractivity contribution in [1.82, 2.24) is 0 Å². The van der Waals surface area contributed by atoms with Crippen molar-refractivity contribution in [3.05, 3.63) is 28.8 Å². The summed E-state index contributed by atoms with van der Waals surface area (Å²) in [7, 11) is 2.02. The third-order valence-electron chi connectivity index (χ3n) is 3.02. The van der Waals surface area contributed by atoms with Gasteiger partial charge in [-0.1, -0.05) is 6.07 Å². The Kier molecular flexibility index (Phi) is 2.39. The van der Waals surface area contributed by atoms with Gasteiger partial charge in [0.15, 0.2) is 0 Å². The number of aromatic carboxylic acids is 1. The Morgan fingerprint density at radius 3 is 2.87 bits per heavy atom. The van der Waals surface area contributed by atoms with E-state index >= 15 is 0 Å². The minimum absolute atomic E-state index is 0.460. The monoisotopic (exact) mass is 205 g/mol. The van der Waals surface area contributed by atoms with Crippen LogP contribution in [0.3, 0.4) is 0 Å². The van der Waals surface area contributed by atoms with Crippen LogP contribution in [-0.4, -0.2) is 24.7 Å². The Labute approximate surface area is 89.3 Å². The van der Waals surface area contributed by atoms with Crippen LogP contribution in [0.2, 0.25) is 0 Å². The lowest BCUT2D eigenvalue weighted by atomic mass is 9.94. The van der Waals surface area contributed by atoms with Crippen LogP contribution in [0.4, 0.5) is 5.69 Å². The number of aryl methyl sites for hydroxylation is 1. The van der Waals surface area contributed by atoms with E-state index in [1.165, 1.54) is 0 Å². The zero-order valence-electron chi connectivity index (χ0n) is 9.08. The third kappa shape index (κ3) is 1.58. The fourth-order valence-electron chi connectivity index (χ4n) is 2.34. The summed E-state index contributed by atoms with van der Waals surface area (Å²) in [6.45, 7) is 3.04. The molecule has 0 bridgehead atoms. The first-order valence-corrected chi connectivity index (χ1v) is 5.18. The molecular formula is C12H15NO2. The minimum atomic E-state index is -0.818. The number of benzene rings is 1. The number of carboxylic acid groups (broad SMARTS) is 1. The van der Waals surface area contributed by atoms with Crippen LogP contribution in [0.15, 0.2) is 12.1 Å². The van der Waals surface area contributed by atoms with E-state index in [0.29, 0.717) is 5.56 Å². The molecule has 15 heavy (non-hydrogen) atoms. The van der Waals surface area contributed by atoms with Crippen molar-refractivity contribution >= 4 is 11.7 Å². The number of fused-ring (bicyclic) bond motifs is 1. The van der Waals surface area contributed by atoms with E-state index in [4.69, 9.17) is 5.11 Å². The predicted molar refractivity (Wildman–Crippen MR) is 59.7 cm³/mol. The molecule has 3 nitrogen and oxygen atoms in total. The molecule has 0 spiro atoms. The van der Waals surface area contributed by atoms with E-state index in [9.17, 15) is 4.79 Å². The Morgan fingerprint density at radius 1 is 1.47 bits per heavy atom. The van der Waals surface area contributed by atoms with Crippen LogP contribution in [0.25, 0.3) is 0 Å². The molecule has 0 amide bonds. The lowest BCUT2D eigenvalue weighted by Crippen LogP contribution is -2.27. The van der Waals surface area contributed by atoms with Gasteiger partial charge in [-0.2, -0.15) is 0 Å². The molecule has 1 N–H and O–H groups in total. The van der Waals surface area contributed by atoms with Gasteiger partial charge in [-0.05, 0) is 37.0 Å². The number of anilines is 1. The van der Waals surface area contributed by atoms with Gasteiger partial charge < -0.3 is 10.0 Å². The Hall–Kier alpha value is -1.51. The highest BCUT2D eigenvalue weighted by molar-refractivity contribution is 5.92. The van der Waals surface area contributed by atoms with Gasteiger partial charge in [-0.15, -0.1) is 0 Å². The first-order chi connectivity index (χ1) is 7.11. The highest BCUT2D eigenvalue weighted by atomic mass is 16.4. The van der Waals surface area contributed by atoms with Crippen LogP contribution in [0.1, 0.15) is 27.9 Å². The molecule has 1 heterocycles. The molecule has 3 heteroatoms. The van der Waals surface area contributed by atoms with E-state index in [2.05, 4.69) is 4.90 Å². The molecule has 0 radical (unpaired) electrons. The number of hydrogen-bond acceptors (Lipinski definition) is 2. The number of hydrogen-bond donors (Lipinski definition) is 1. The molecule has 0 saturated carbocycles. The van der Waals surface area contributed by atoms with E-state index < -0.39 is 5.97 Å². The zero-order valence-corrected chi connectivity index (χ0v) is 9.08. The highest BCUT2D eigenvalue weighted by Crippen LogP contribution is 2.32. The number of rotatable bonds is 1. The second-order valence-electron chi connectivity index (χ2n) is 4.09. The van der Waals surface area contributed by atoms with Crippen molar-refractivity contribution < 1.29 is 9.90 Å². The maximum atomic E-state index is 11.1. The summed E-state index contributed by atoms with van der Waals surface area (Å²) in [4.78, 5) is 13.2. The van der Waals surface area contributed by atoms with E-state index in [-0.39, 0.29) is 0 Å². The van der Waals surface area contributed by atoms with Crippen molar-refractivity contribution in [3.63, 3.8) is 0 Å². The number of carbonyl (C=O) groups is 1. The quantitative estimate of drug-likeness (QED) is 0.763. The molecule has 0 fully saturated rings. The highest BCUT2D eigenvalue weighted by Gasteiger charge is 2.21. The second-order valence-corrected chi connectivity index (χ2v) is 4.09. The summed E-state index contributed by atoms with van der Waals surface area (Å²) in [5, 5.41) is 9.10. The smallest absolute Gasteiger partial charge is 0.336 e. The standard InChI is InChI=1S/C12H15NO2/c1-8-5-6-10(12(14)15)9-4-3-7-13(2)11(8)9/h5-6H,3-4,7H2,1-2H3,(H,14,15). The molecule has 80 valence electrons. The summed E-state index contributed by atoms with van der Waals surface area (Å²) >= 11 is 0. The maximum absolute atomic E-state index is 11.1. The van der Waals surface area contributed by atoms with Gasteiger partial charge in [0.1, 0.15) is 0 Å².